The van der Waals surface area contributed by atoms with E-state index in [9.17, 15) is 4.79 Å². The molecule has 0 saturated carbocycles. The SMILES string of the molecule is CN(C)CC(=O)N(C)C1CCNCC1. The minimum atomic E-state index is 0.224. The Morgan fingerprint density at radius 3 is 2.36 bits per heavy atom. The molecule has 0 atom stereocenters. The fourth-order valence-corrected chi connectivity index (χ4v) is 1.78. The van der Waals surface area contributed by atoms with Gasteiger partial charge < -0.3 is 15.1 Å². The second-order valence-corrected chi connectivity index (χ2v) is 4.22. The van der Waals surface area contributed by atoms with Crippen molar-refractivity contribution in [1.29, 1.82) is 0 Å². The lowest BCUT2D eigenvalue weighted by atomic mass is 10.1. The minimum absolute atomic E-state index is 0.224. The van der Waals surface area contributed by atoms with Gasteiger partial charge in [0, 0.05) is 13.1 Å². The molecule has 0 unspecified atom stereocenters. The summed E-state index contributed by atoms with van der Waals surface area (Å²) in [5.74, 6) is 0.224. The third-order valence-corrected chi connectivity index (χ3v) is 2.70. The molecule has 1 rings (SSSR count). The molecule has 0 aliphatic carbocycles. The van der Waals surface area contributed by atoms with E-state index >= 15 is 0 Å². The van der Waals surface area contributed by atoms with Crippen molar-refractivity contribution in [3.05, 3.63) is 0 Å². The normalized spacial score (nSPS) is 18.6. The molecule has 4 heteroatoms. The lowest BCUT2D eigenvalue weighted by Gasteiger charge is -2.32. The highest BCUT2D eigenvalue weighted by Gasteiger charge is 2.21. The maximum Gasteiger partial charge on any atom is 0.236 e. The molecule has 1 heterocycles. The highest BCUT2D eigenvalue weighted by atomic mass is 16.2. The lowest BCUT2D eigenvalue weighted by molar-refractivity contribution is -0.133. The van der Waals surface area contributed by atoms with E-state index in [1.54, 1.807) is 0 Å². The number of carbonyl (C=O) groups is 1. The van der Waals surface area contributed by atoms with Gasteiger partial charge in [0.25, 0.3) is 0 Å². The maximum absolute atomic E-state index is 11.7. The van der Waals surface area contributed by atoms with Gasteiger partial charge in [0.1, 0.15) is 0 Å². The van der Waals surface area contributed by atoms with Gasteiger partial charge in [-0.2, -0.15) is 0 Å². The van der Waals surface area contributed by atoms with Crippen molar-refractivity contribution < 1.29 is 4.79 Å². The molecule has 0 aromatic heterocycles. The Bertz CT molecular complexity index is 188. The van der Waals surface area contributed by atoms with Crippen molar-refractivity contribution in [2.45, 2.75) is 18.9 Å². The molecule has 1 fully saturated rings. The highest BCUT2D eigenvalue weighted by Crippen LogP contribution is 2.09. The zero-order valence-electron chi connectivity index (χ0n) is 9.42. The second-order valence-electron chi connectivity index (χ2n) is 4.22. The maximum atomic E-state index is 11.7. The summed E-state index contributed by atoms with van der Waals surface area (Å²) >= 11 is 0. The van der Waals surface area contributed by atoms with Crippen LogP contribution in [0.5, 0.6) is 0 Å². The van der Waals surface area contributed by atoms with Crippen LogP contribution >= 0.6 is 0 Å². The number of likely N-dealkylation sites (N-methyl/N-ethyl adjacent to an activating group) is 2. The van der Waals surface area contributed by atoms with E-state index < -0.39 is 0 Å². The molecular weight excluding hydrogens is 178 g/mol. The quantitative estimate of drug-likeness (QED) is 0.681. The van der Waals surface area contributed by atoms with E-state index in [0.717, 1.165) is 25.9 Å². The molecule has 4 nitrogen and oxygen atoms in total. The average molecular weight is 199 g/mol. The Labute approximate surface area is 86.2 Å². The van der Waals surface area contributed by atoms with Crippen molar-refractivity contribution in [3.63, 3.8) is 0 Å². The third-order valence-electron chi connectivity index (χ3n) is 2.70. The Morgan fingerprint density at radius 1 is 1.29 bits per heavy atom. The minimum Gasteiger partial charge on any atom is -0.342 e. The van der Waals surface area contributed by atoms with E-state index in [1.165, 1.54) is 0 Å². The largest absolute Gasteiger partial charge is 0.342 e. The van der Waals surface area contributed by atoms with Crippen LogP contribution in [0, 0.1) is 0 Å². The number of hydrogen-bond donors (Lipinski definition) is 1. The Kier molecular flexibility index (Phi) is 4.35. The van der Waals surface area contributed by atoms with Crippen molar-refractivity contribution >= 4 is 5.91 Å². The molecule has 1 aliphatic rings. The molecule has 1 N–H and O–H groups in total. The molecule has 0 radical (unpaired) electrons. The molecular formula is C10H21N3O. The molecule has 0 spiro atoms. The van der Waals surface area contributed by atoms with E-state index in [-0.39, 0.29) is 5.91 Å². The van der Waals surface area contributed by atoms with Gasteiger partial charge >= 0.3 is 0 Å². The van der Waals surface area contributed by atoms with Crippen LogP contribution < -0.4 is 5.32 Å². The molecule has 14 heavy (non-hydrogen) atoms. The van der Waals surface area contributed by atoms with E-state index in [0.29, 0.717) is 12.6 Å². The Morgan fingerprint density at radius 2 is 1.86 bits per heavy atom. The van der Waals surface area contributed by atoms with Crippen LogP contribution in [-0.4, -0.2) is 62.5 Å². The number of amides is 1. The predicted octanol–water partition coefficient (Wildman–Crippen LogP) is -0.242. The number of rotatable bonds is 3. The summed E-state index contributed by atoms with van der Waals surface area (Å²) in [6, 6.07) is 0.434. The molecule has 1 aliphatic heterocycles. The van der Waals surface area contributed by atoms with Gasteiger partial charge in [0.15, 0.2) is 0 Å². The first-order valence-corrected chi connectivity index (χ1v) is 5.22. The Balaban J connectivity index is 2.38. The van der Waals surface area contributed by atoms with Gasteiger partial charge in [-0.25, -0.2) is 0 Å². The van der Waals surface area contributed by atoms with Crippen molar-refractivity contribution in [1.82, 2.24) is 15.1 Å². The van der Waals surface area contributed by atoms with Crippen molar-refractivity contribution in [2.24, 2.45) is 0 Å². The summed E-state index contributed by atoms with van der Waals surface area (Å²) in [6.07, 6.45) is 2.16. The predicted molar refractivity (Wildman–Crippen MR) is 57.2 cm³/mol. The second kappa shape index (κ2) is 5.32. The van der Waals surface area contributed by atoms with Gasteiger partial charge in [-0.3, -0.25) is 4.79 Å². The summed E-state index contributed by atoms with van der Waals surface area (Å²) in [7, 11) is 5.77. The molecule has 0 bridgehead atoms. The van der Waals surface area contributed by atoms with Crippen LogP contribution in [0.4, 0.5) is 0 Å². The lowest BCUT2D eigenvalue weighted by Crippen LogP contribution is -2.46. The first-order valence-electron chi connectivity index (χ1n) is 5.22. The van der Waals surface area contributed by atoms with Crippen molar-refractivity contribution in [3.8, 4) is 0 Å². The molecule has 1 amide bonds. The number of hydrogen-bond acceptors (Lipinski definition) is 3. The van der Waals surface area contributed by atoms with E-state index in [4.69, 9.17) is 0 Å². The van der Waals surface area contributed by atoms with Gasteiger partial charge in [0.2, 0.25) is 5.91 Å². The first kappa shape index (κ1) is 11.5. The Hall–Kier alpha value is -0.610. The topological polar surface area (TPSA) is 35.6 Å². The monoisotopic (exact) mass is 199 g/mol. The van der Waals surface area contributed by atoms with Crippen LogP contribution in [0.2, 0.25) is 0 Å². The summed E-state index contributed by atoms with van der Waals surface area (Å²) in [4.78, 5) is 15.5. The summed E-state index contributed by atoms with van der Waals surface area (Å²) < 4.78 is 0. The summed E-state index contributed by atoms with van der Waals surface area (Å²) in [6.45, 7) is 2.58. The number of piperidine rings is 1. The van der Waals surface area contributed by atoms with Gasteiger partial charge in [-0.05, 0) is 40.0 Å². The standard InChI is InChI=1S/C10H21N3O/c1-12(2)8-10(14)13(3)9-4-6-11-7-5-9/h9,11H,4-8H2,1-3H3. The van der Waals surface area contributed by atoms with Crippen LogP contribution in [0.1, 0.15) is 12.8 Å². The van der Waals surface area contributed by atoms with Crippen LogP contribution in [-0.2, 0) is 4.79 Å². The van der Waals surface area contributed by atoms with Gasteiger partial charge in [-0.1, -0.05) is 0 Å². The zero-order chi connectivity index (χ0) is 10.6. The van der Waals surface area contributed by atoms with E-state index in [2.05, 4.69) is 5.32 Å². The molecule has 1 saturated heterocycles. The number of nitrogens with zero attached hydrogens (tertiary/aromatic N) is 2. The summed E-state index contributed by atoms with van der Waals surface area (Å²) in [5.41, 5.74) is 0. The average Bonchev–Trinajstić information content (AvgIpc) is 2.17. The van der Waals surface area contributed by atoms with Gasteiger partial charge in [-0.15, -0.1) is 0 Å². The first-order chi connectivity index (χ1) is 6.61. The van der Waals surface area contributed by atoms with Gasteiger partial charge in [0.05, 0.1) is 6.54 Å². The molecule has 0 aromatic carbocycles. The molecule has 82 valence electrons. The smallest absolute Gasteiger partial charge is 0.236 e. The highest BCUT2D eigenvalue weighted by molar-refractivity contribution is 5.78. The van der Waals surface area contributed by atoms with Crippen LogP contribution in [0.3, 0.4) is 0 Å². The zero-order valence-corrected chi connectivity index (χ0v) is 9.42. The summed E-state index contributed by atoms with van der Waals surface area (Å²) in [5, 5.41) is 3.30. The fraction of sp³-hybridized carbons (Fsp3) is 0.900. The van der Waals surface area contributed by atoms with E-state index in [1.807, 2.05) is 30.9 Å². The van der Waals surface area contributed by atoms with Crippen LogP contribution in [0.15, 0.2) is 0 Å². The fourth-order valence-electron chi connectivity index (χ4n) is 1.78. The molecule has 0 aromatic rings. The van der Waals surface area contributed by atoms with Crippen LogP contribution in [0.25, 0.3) is 0 Å². The number of carbonyl (C=O) groups excluding carboxylic acids is 1. The number of nitrogens with one attached hydrogen (secondary N) is 1. The third kappa shape index (κ3) is 3.27. The van der Waals surface area contributed by atoms with Crippen molar-refractivity contribution in [2.75, 3.05) is 40.8 Å².